The van der Waals surface area contributed by atoms with Crippen molar-refractivity contribution in [3.8, 4) is 0 Å². The lowest BCUT2D eigenvalue weighted by Gasteiger charge is -2.32. The first-order valence-corrected chi connectivity index (χ1v) is 9.07. The molecule has 1 aromatic carbocycles. The molecule has 0 unspecified atom stereocenters. The normalized spacial score (nSPS) is 18.2. The topological polar surface area (TPSA) is 87.5 Å². The van der Waals surface area contributed by atoms with Crippen molar-refractivity contribution in [3.63, 3.8) is 0 Å². The minimum atomic E-state index is -0.411. The van der Waals surface area contributed by atoms with Gasteiger partial charge in [-0.2, -0.15) is 0 Å². The Morgan fingerprint density at radius 1 is 1.28 bits per heavy atom. The van der Waals surface area contributed by atoms with E-state index in [1.807, 2.05) is 11.9 Å². The van der Waals surface area contributed by atoms with Gasteiger partial charge in [-0.15, -0.1) is 0 Å². The number of likely N-dealkylation sites (tertiary alicyclic amines) is 1. The summed E-state index contributed by atoms with van der Waals surface area (Å²) >= 11 is 0. The number of rotatable bonds is 7. The van der Waals surface area contributed by atoms with Gasteiger partial charge < -0.3 is 15.5 Å². The first-order chi connectivity index (χ1) is 12.1. The van der Waals surface area contributed by atoms with E-state index in [1.54, 1.807) is 12.1 Å². The molecule has 2 fully saturated rings. The zero-order chi connectivity index (χ0) is 17.8. The Labute approximate surface area is 147 Å². The smallest absolute Gasteiger partial charge is 0.293 e. The Morgan fingerprint density at radius 3 is 2.60 bits per heavy atom. The van der Waals surface area contributed by atoms with Crippen LogP contribution in [-0.4, -0.2) is 48.5 Å². The van der Waals surface area contributed by atoms with Crippen LogP contribution in [0.5, 0.6) is 0 Å². The molecule has 0 aromatic heterocycles. The highest BCUT2D eigenvalue weighted by Gasteiger charge is 2.28. The third-order valence-electron chi connectivity index (χ3n) is 5.08. The molecule has 0 radical (unpaired) electrons. The van der Waals surface area contributed by atoms with Crippen molar-refractivity contribution in [3.05, 3.63) is 33.9 Å². The van der Waals surface area contributed by atoms with Gasteiger partial charge in [0.05, 0.1) is 4.92 Å². The maximum Gasteiger partial charge on any atom is 0.293 e. The molecular weight excluding hydrogens is 320 g/mol. The number of benzene rings is 1. The average Bonchev–Trinajstić information content (AvgIpc) is 3.44. The molecule has 0 bridgehead atoms. The summed E-state index contributed by atoms with van der Waals surface area (Å²) in [7, 11) is 1.95. The number of carbonyl (C=O) groups excluding carboxylic acids is 1. The third kappa shape index (κ3) is 4.48. The Kier molecular flexibility index (Phi) is 5.53. The first kappa shape index (κ1) is 17.7. The van der Waals surface area contributed by atoms with Crippen LogP contribution in [0.15, 0.2) is 18.2 Å². The van der Waals surface area contributed by atoms with E-state index in [2.05, 4.69) is 10.6 Å². The fraction of sp³-hybridized carbons (Fsp3) is 0.611. The summed E-state index contributed by atoms with van der Waals surface area (Å²) < 4.78 is 0. The van der Waals surface area contributed by atoms with Crippen LogP contribution < -0.4 is 10.6 Å². The molecule has 0 atom stereocenters. The van der Waals surface area contributed by atoms with E-state index in [0.29, 0.717) is 23.2 Å². The molecule has 0 spiro atoms. The van der Waals surface area contributed by atoms with Crippen molar-refractivity contribution in [1.82, 2.24) is 10.2 Å². The summed E-state index contributed by atoms with van der Waals surface area (Å²) in [5, 5.41) is 17.7. The SMILES string of the molecule is CNCCC1CCN(C(=O)c2ccc(NC3CC3)c([N+](=O)[O-])c2)CC1. The number of nitrogens with one attached hydrogen (secondary N) is 2. The number of hydrogen-bond donors (Lipinski definition) is 2. The van der Waals surface area contributed by atoms with E-state index in [1.165, 1.54) is 6.07 Å². The van der Waals surface area contributed by atoms with Crippen molar-refractivity contribution in [2.45, 2.75) is 38.1 Å². The number of nitro benzene ring substituents is 1. The van der Waals surface area contributed by atoms with E-state index in [-0.39, 0.29) is 11.6 Å². The summed E-state index contributed by atoms with van der Waals surface area (Å²) in [6.45, 7) is 2.45. The highest BCUT2D eigenvalue weighted by Crippen LogP contribution is 2.32. The van der Waals surface area contributed by atoms with Crippen molar-refractivity contribution in [2.75, 3.05) is 32.0 Å². The summed E-state index contributed by atoms with van der Waals surface area (Å²) in [6, 6.07) is 5.12. The number of carbonyl (C=O) groups is 1. The number of nitro groups is 1. The molecule has 136 valence electrons. The third-order valence-corrected chi connectivity index (χ3v) is 5.08. The van der Waals surface area contributed by atoms with Crippen LogP contribution in [0.25, 0.3) is 0 Å². The van der Waals surface area contributed by atoms with Crippen LogP contribution in [0.3, 0.4) is 0 Å². The first-order valence-electron chi connectivity index (χ1n) is 9.07. The predicted molar refractivity (Wildman–Crippen MR) is 96.9 cm³/mol. The summed E-state index contributed by atoms with van der Waals surface area (Å²) in [4.78, 5) is 25.5. The van der Waals surface area contributed by atoms with E-state index in [4.69, 9.17) is 0 Å². The fourth-order valence-corrected chi connectivity index (χ4v) is 3.34. The molecule has 7 heteroatoms. The Balaban J connectivity index is 1.65. The van der Waals surface area contributed by atoms with Gasteiger partial charge >= 0.3 is 0 Å². The van der Waals surface area contributed by atoms with Crippen LogP contribution in [-0.2, 0) is 0 Å². The monoisotopic (exact) mass is 346 g/mol. The number of piperidine rings is 1. The van der Waals surface area contributed by atoms with E-state index < -0.39 is 4.92 Å². The van der Waals surface area contributed by atoms with Crippen molar-refractivity contribution in [1.29, 1.82) is 0 Å². The maximum atomic E-state index is 12.7. The van der Waals surface area contributed by atoms with Crippen molar-refractivity contribution >= 4 is 17.3 Å². The number of anilines is 1. The van der Waals surface area contributed by atoms with Crippen LogP contribution in [0.1, 0.15) is 42.5 Å². The standard InChI is InChI=1S/C18H26N4O3/c1-19-9-6-13-7-10-21(11-8-13)18(23)14-2-5-16(20-15-3-4-15)17(12-14)22(24)25/h2,5,12-13,15,19-20H,3-4,6-11H2,1H3. The summed E-state index contributed by atoms with van der Waals surface area (Å²) in [5.74, 6) is 0.545. The number of amides is 1. The molecule has 1 aliphatic carbocycles. The number of hydrogen-bond acceptors (Lipinski definition) is 5. The van der Waals surface area contributed by atoms with Crippen LogP contribution in [0.2, 0.25) is 0 Å². The Bertz CT molecular complexity index is 637. The molecule has 1 heterocycles. The largest absolute Gasteiger partial charge is 0.377 e. The molecule has 25 heavy (non-hydrogen) atoms. The highest BCUT2D eigenvalue weighted by molar-refractivity contribution is 5.95. The average molecular weight is 346 g/mol. The predicted octanol–water partition coefficient (Wildman–Crippen LogP) is 2.63. The van der Waals surface area contributed by atoms with Gasteiger partial charge in [0.1, 0.15) is 5.69 Å². The van der Waals surface area contributed by atoms with Crippen LogP contribution in [0.4, 0.5) is 11.4 Å². The van der Waals surface area contributed by atoms with Crippen LogP contribution in [0, 0.1) is 16.0 Å². The summed E-state index contributed by atoms with van der Waals surface area (Å²) in [6.07, 6.45) is 5.21. The van der Waals surface area contributed by atoms with Gasteiger partial charge in [-0.1, -0.05) is 0 Å². The minimum absolute atomic E-state index is 0.0124. The molecule has 2 aliphatic rings. The lowest BCUT2D eigenvalue weighted by molar-refractivity contribution is -0.384. The van der Waals surface area contributed by atoms with Gasteiger partial charge in [0.2, 0.25) is 0 Å². The molecule has 7 nitrogen and oxygen atoms in total. The van der Waals surface area contributed by atoms with Gasteiger partial charge in [0.15, 0.2) is 0 Å². The van der Waals surface area contributed by atoms with E-state index >= 15 is 0 Å². The molecular formula is C18H26N4O3. The molecule has 1 aromatic rings. The maximum absolute atomic E-state index is 12.7. The van der Waals surface area contributed by atoms with Crippen LogP contribution >= 0.6 is 0 Å². The summed E-state index contributed by atoms with van der Waals surface area (Å²) in [5.41, 5.74) is 0.901. The Hall–Kier alpha value is -2.15. The molecule has 1 amide bonds. The van der Waals surface area contributed by atoms with Crippen molar-refractivity contribution in [2.24, 2.45) is 5.92 Å². The van der Waals surface area contributed by atoms with Gasteiger partial charge in [-0.25, -0.2) is 0 Å². The van der Waals surface area contributed by atoms with Gasteiger partial charge in [0.25, 0.3) is 11.6 Å². The zero-order valence-electron chi connectivity index (χ0n) is 14.7. The van der Waals surface area contributed by atoms with Gasteiger partial charge in [-0.3, -0.25) is 14.9 Å². The lowest BCUT2D eigenvalue weighted by Crippen LogP contribution is -2.39. The number of nitrogens with zero attached hydrogens (tertiary/aromatic N) is 2. The fourth-order valence-electron chi connectivity index (χ4n) is 3.34. The second-order valence-electron chi connectivity index (χ2n) is 7.04. The van der Waals surface area contributed by atoms with E-state index in [0.717, 1.165) is 51.7 Å². The second-order valence-corrected chi connectivity index (χ2v) is 7.04. The molecule has 1 aliphatic heterocycles. The van der Waals surface area contributed by atoms with Gasteiger partial charge in [-0.05, 0) is 63.7 Å². The van der Waals surface area contributed by atoms with E-state index in [9.17, 15) is 14.9 Å². The van der Waals surface area contributed by atoms with Gasteiger partial charge in [0, 0.05) is 30.8 Å². The molecule has 3 rings (SSSR count). The Morgan fingerprint density at radius 2 is 2.00 bits per heavy atom. The molecule has 2 N–H and O–H groups in total. The molecule has 1 saturated carbocycles. The molecule has 1 saturated heterocycles. The minimum Gasteiger partial charge on any atom is -0.377 e. The quantitative estimate of drug-likeness (QED) is 0.585. The second kappa shape index (κ2) is 7.82. The highest BCUT2D eigenvalue weighted by atomic mass is 16.6. The lowest BCUT2D eigenvalue weighted by atomic mass is 9.93. The zero-order valence-corrected chi connectivity index (χ0v) is 14.7. The van der Waals surface area contributed by atoms with Crippen molar-refractivity contribution < 1.29 is 9.72 Å².